The van der Waals surface area contributed by atoms with Crippen molar-refractivity contribution in [2.45, 2.75) is 0 Å². The van der Waals surface area contributed by atoms with Gasteiger partial charge in [-0.3, -0.25) is 0 Å². The van der Waals surface area contributed by atoms with Gasteiger partial charge in [-0.05, 0) is 16.8 Å². The zero-order valence-corrected chi connectivity index (χ0v) is 9.02. The van der Waals surface area contributed by atoms with Crippen LogP contribution >= 0.6 is 22.7 Å². The van der Waals surface area contributed by atoms with Crippen LogP contribution < -0.4 is 0 Å². The number of rotatable bonds is 2. The highest BCUT2D eigenvalue weighted by Gasteiger charge is 2.16. The molecule has 0 atom stereocenters. The molecular weight excluding hydrogens is 218 g/mol. The Hall–Kier alpha value is -1.20. The fourth-order valence-corrected chi connectivity index (χ4v) is 2.58. The Morgan fingerprint density at radius 1 is 1.57 bits per heavy atom. The molecule has 0 fully saturated rings. The second-order valence-corrected chi connectivity index (χ2v) is 4.17. The highest BCUT2D eigenvalue weighted by Crippen LogP contribution is 2.29. The van der Waals surface area contributed by atoms with Crippen LogP contribution in [-0.2, 0) is 4.74 Å². The van der Waals surface area contributed by atoms with Crippen LogP contribution in [0.3, 0.4) is 0 Å². The lowest BCUT2D eigenvalue weighted by atomic mass is 10.2. The minimum absolute atomic E-state index is 0.382. The first-order valence-corrected chi connectivity index (χ1v) is 5.69. The second-order valence-electron chi connectivity index (χ2n) is 2.53. The van der Waals surface area contributed by atoms with E-state index in [0.717, 1.165) is 10.4 Å². The molecule has 0 spiro atoms. The van der Waals surface area contributed by atoms with Crippen LogP contribution in [0.2, 0.25) is 0 Å². The van der Waals surface area contributed by atoms with Gasteiger partial charge in [-0.15, -0.1) is 11.3 Å². The molecule has 0 N–H and O–H groups in total. The van der Waals surface area contributed by atoms with Crippen LogP contribution in [0.5, 0.6) is 0 Å². The van der Waals surface area contributed by atoms with Crippen molar-refractivity contribution in [1.29, 1.82) is 0 Å². The summed E-state index contributed by atoms with van der Waals surface area (Å²) >= 11 is 3.04. The molecule has 2 rings (SSSR count). The van der Waals surface area contributed by atoms with E-state index in [0.29, 0.717) is 5.69 Å². The SMILES string of the molecule is COC(=O)c1ncsc1-c1ccsc1. The minimum atomic E-state index is -0.382. The normalized spacial score (nSPS) is 10.1. The summed E-state index contributed by atoms with van der Waals surface area (Å²) in [7, 11) is 1.36. The van der Waals surface area contributed by atoms with Crippen molar-refractivity contribution < 1.29 is 9.53 Å². The average molecular weight is 225 g/mol. The second kappa shape index (κ2) is 3.89. The van der Waals surface area contributed by atoms with Gasteiger partial charge in [0.2, 0.25) is 0 Å². The summed E-state index contributed by atoms with van der Waals surface area (Å²) in [5.74, 6) is -0.382. The maximum absolute atomic E-state index is 11.3. The summed E-state index contributed by atoms with van der Waals surface area (Å²) in [6.07, 6.45) is 0. The molecule has 2 aromatic heterocycles. The van der Waals surface area contributed by atoms with Crippen LogP contribution in [0, 0.1) is 0 Å². The van der Waals surface area contributed by atoms with E-state index in [1.165, 1.54) is 18.4 Å². The third-order valence-electron chi connectivity index (χ3n) is 1.73. The number of ether oxygens (including phenoxy) is 1. The van der Waals surface area contributed by atoms with E-state index in [4.69, 9.17) is 0 Å². The lowest BCUT2D eigenvalue weighted by Gasteiger charge is -1.97. The van der Waals surface area contributed by atoms with Gasteiger partial charge in [0, 0.05) is 5.56 Å². The van der Waals surface area contributed by atoms with E-state index in [2.05, 4.69) is 9.72 Å². The van der Waals surface area contributed by atoms with Gasteiger partial charge >= 0.3 is 5.97 Å². The van der Waals surface area contributed by atoms with Crippen molar-refractivity contribution in [3.8, 4) is 10.4 Å². The number of methoxy groups -OCH3 is 1. The molecule has 2 heterocycles. The Morgan fingerprint density at radius 3 is 3.07 bits per heavy atom. The molecule has 14 heavy (non-hydrogen) atoms. The molecule has 0 unspecified atom stereocenters. The number of thiazole rings is 1. The molecule has 0 aromatic carbocycles. The molecule has 5 heteroatoms. The number of nitrogens with zero attached hydrogens (tertiary/aromatic N) is 1. The van der Waals surface area contributed by atoms with Gasteiger partial charge in [-0.25, -0.2) is 9.78 Å². The molecule has 0 saturated carbocycles. The zero-order valence-electron chi connectivity index (χ0n) is 7.39. The predicted octanol–water partition coefficient (Wildman–Crippen LogP) is 2.66. The van der Waals surface area contributed by atoms with Crippen LogP contribution in [0.25, 0.3) is 10.4 Å². The average Bonchev–Trinajstić information content (AvgIpc) is 2.85. The molecule has 0 aliphatic carbocycles. The number of aromatic nitrogens is 1. The third kappa shape index (κ3) is 1.56. The smallest absolute Gasteiger partial charge is 0.358 e. The highest BCUT2D eigenvalue weighted by atomic mass is 32.1. The van der Waals surface area contributed by atoms with Gasteiger partial charge in [-0.1, -0.05) is 0 Å². The van der Waals surface area contributed by atoms with Gasteiger partial charge in [-0.2, -0.15) is 11.3 Å². The van der Waals surface area contributed by atoms with Crippen LogP contribution in [-0.4, -0.2) is 18.1 Å². The number of thiophene rings is 1. The highest BCUT2D eigenvalue weighted by molar-refractivity contribution is 7.14. The Morgan fingerprint density at radius 2 is 2.43 bits per heavy atom. The molecule has 3 nitrogen and oxygen atoms in total. The van der Waals surface area contributed by atoms with Crippen molar-refractivity contribution in [3.05, 3.63) is 28.0 Å². The molecule has 72 valence electrons. The maximum atomic E-state index is 11.3. The zero-order chi connectivity index (χ0) is 9.97. The van der Waals surface area contributed by atoms with Crippen molar-refractivity contribution in [2.24, 2.45) is 0 Å². The van der Waals surface area contributed by atoms with Gasteiger partial charge in [0.1, 0.15) is 0 Å². The van der Waals surface area contributed by atoms with Crippen molar-refractivity contribution >= 4 is 28.6 Å². The quantitative estimate of drug-likeness (QED) is 0.737. The Kier molecular flexibility index (Phi) is 2.60. The number of hydrogen-bond acceptors (Lipinski definition) is 5. The maximum Gasteiger partial charge on any atom is 0.358 e. The topological polar surface area (TPSA) is 39.2 Å². The predicted molar refractivity (Wildman–Crippen MR) is 56.8 cm³/mol. The van der Waals surface area contributed by atoms with E-state index in [9.17, 15) is 4.79 Å². The summed E-state index contributed by atoms with van der Waals surface area (Å²) < 4.78 is 4.64. The number of hydrogen-bond donors (Lipinski definition) is 0. The van der Waals surface area contributed by atoms with Gasteiger partial charge in [0.05, 0.1) is 17.5 Å². The summed E-state index contributed by atoms with van der Waals surface area (Å²) in [5.41, 5.74) is 3.08. The molecule has 0 amide bonds. The molecule has 0 bridgehead atoms. The Balaban J connectivity index is 2.45. The van der Waals surface area contributed by atoms with E-state index < -0.39 is 0 Å². The van der Waals surface area contributed by atoms with Gasteiger partial charge in [0.25, 0.3) is 0 Å². The van der Waals surface area contributed by atoms with E-state index in [1.807, 2.05) is 16.8 Å². The Bertz CT molecular complexity index is 433. The molecule has 0 radical (unpaired) electrons. The third-order valence-corrected chi connectivity index (χ3v) is 3.29. The minimum Gasteiger partial charge on any atom is -0.464 e. The fraction of sp³-hybridized carbons (Fsp3) is 0.111. The fourth-order valence-electron chi connectivity index (χ4n) is 1.09. The lowest BCUT2D eigenvalue weighted by Crippen LogP contribution is -2.02. The van der Waals surface area contributed by atoms with Crippen LogP contribution in [0.4, 0.5) is 0 Å². The summed E-state index contributed by atoms with van der Waals surface area (Å²) in [4.78, 5) is 16.2. The Labute approximate surface area is 89.0 Å². The van der Waals surface area contributed by atoms with Crippen LogP contribution in [0.1, 0.15) is 10.5 Å². The monoisotopic (exact) mass is 225 g/mol. The van der Waals surface area contributed by atoms with Crippen molar-refractivity contribution in [3.63, 3.8) is 0 Å². The van der Waals surface area contributed by atoms with Crippen molar-refractivity contribution in [2.75, 3.05) is 7.11 Å². The first kappa shape index (κ1) is 9.36. The van der Waals surface area contributed by atoms with Crippen molar-refractivity contribution in [1.82, 2.24) is 4.98 Å². The molecular formula is C9H7NO2S2. The first-order chi connectivity index (χ1) is 6.83. The molecule has 2 aromatic rings. The standard InChI is InChI=1S/C9H7NO2S2/c1-12-9(11)7-8(14-5-10-7)6-2-3-13-4-6/h2-5H,1H3. The summed E-state index contributed by atoms with van der Waals surface area (Å²) in [6, 6.07) is 1.96. The van der Waals surface area contributed by atoms with Gasteiger partial charge in [0.15, 0.2) is 5.69 Å². The van der Waals surface area contributed by atoms with E-state index in [-0.39, 0.29) is 5.97 Å². The van der Waals surface area contributed by atoms with Crippen LogP contribution in [0.15, 0.2) is 22.3 Å². The first-order valence-electron chi connectivity index (χ1n) is 3.87. The molecule has 0 aliphatic heterocycles. The lowest BCUT2D eigenvalue weighted by molar-refractivity contribution is 0.0596. The van der Waals surface area contributed by atoms with E-state index >= 15 is 0 Å². The van der Waals surface area contributed by atoms with Gasteiger partial charge < -0.3 is 4.74 Å². The molecule has 0 aliphatic rings. The molecule has 0 saturated heterocycles. The van der Waals surface area contributed by atoms with E-state index in [1.54, 1.807) is 16.8 Å². The summed E-state index contributed by atoms with van der Waals surface area (Å²) in [6.45, 7) is 0. The largest absolute Gasteiger partial charge is 0.464 e. The number of carbonyl (C=O) groups excluding carboxylic acids is 1. The number of carbonyl (C=O) groups is 1. The number of esters is 1. The summed E-state index contributed by atoms with van der Waals surface area (Å²) in [5, 5.41) is 3.95.